The summed E-state index contributed by atoms with van der Waals surface area (Å²) in [5.74, 6) is -0.745. The van der Waals surface area contributed by atoms with Gasteiger partial charge in [0.05, 0.1) is 21.6 Å². The van der Waals surface area contributed by atoms with Crippen LogP contribution in [0.5, 0.6) is 5.75 Å². The lowest BCUT2D eigenvalue weighted by Crippen LogP contribution is -2.20. The van der Waals surface area contributed by atoms with E-state index in [4.69, 9.17) is 21.1 Å². The van der Waals surface area contributed by atoms with Gasteiger partial charge >= 0.3 is 5.97 Å². The number of nitrogens with one attached hydrogen (secondary N) is 1. The number of hydrogen-bond acceptors (Lipinski definition) is 6. The summed E-state index contributed by atoms with van der Waals surface area (Å²) in [5, 5.41) is 13.3. The van der Waals surface area contributed by atoms with Crippen LogP contribution in [0.1, 0.15) is 24.2 Å². The molecule has 0 heterocycles. The highest BCUT2D eigenvalue weighted by Crippen LogP contribution is 2.28. The van der Waals surface area contributed by atoms with Crippen LogP contribution in [0.15, 0.2) is 42.5 Å². The van der Waals surface area contributed by atoms with Gasteiger partial charge in [-0.1, -0.05) is 11.6 Å². The van der Waals surface area contributed by atoms with Crippen molar-refractivity contribution in [1.29, 1.82) is 0 Å². The van der Waals surface area contributed by atoms with E-state index in [9.17, 15) is 19.7 Å². The van der Waals surface area contributed by atoms with E-state index >= 15 is 0 Å². The smallest absolute Gasteiger partial charge is 0.338 e. The molecular formula is C18H17ClN2O6. The first kappa shape index (κ1) is 20.2. The number of rotatable bonds is 7. The molecule has 0 aliphatic carbocycles. The van der Waals surface area contributed by atoms with Gasteiger partial charge < -0.3 is 14.8 Å². The molecule has 27 heavy (non-hydrogen) atoms. The van der Waals surface area contributed by atoms with Gasteiger partial charge in [-0.05, 0) is 44.2 Å². The Hall–Kier alpha value is -3.13. The lowest BCUT2D eigenvalue weighted by atomic mass is 10.2. The normalized spacial score (nSPS) is 10.4. The first-order valence-electron chi connectivity index (χ1n) is 7.94. The van der Waals surface area contributed by atoms with Crippen LogP contribution in [0.25, 0.3) is 0 Å². The zero-order valence-electron chi connectivity index (χ0n) is 14.6. The second kappa shape index (κ2) is 9.00. The number of amides is 1. The molecule has 0 bridgehead atoms. The third kappa shape index (κ3) is 5.96. The molecule has 2 aromatic carbocycles. The maximum atomic E-state index is 12.0. The van der Waals surface area contributed by atoms with E-state index in [0.717, 1.165) is 6.07 Å². The van der Waals surface area contributed by atoms with Crippen LogP contribution in [0.3, 0.4) is 0 Å². The summed E-state index contributed by atoms with van der Waals surface area (Å²) < 4.78 is 10.3. The Morgan fingerprint density at radius 3 is 2.41 bits per heavy atom. The Labute approximate surface area is 160 Å². The van der Waals surface area contributed by atoms with Crippen molar-refractivity contribution < 1.29 is 24.0 Å². The molecule has 0 saturated carbocycles. The highest BCUT2D eigenvalue weighted by molar-refractivity contribution is 6.32. The molecular weight excluding hydrogens is 376 g/mol. The van der Waals surface area contributed by atoms with E-state index < -0.39 is 16.8 Å². The van der Waals surface area contributed by atoms with Gasteiger partial charge in [-0.25, -0.2) is 4.79 Å². The van der Waals surface area contributed by atoms with Crippen LogP contribution in [-0.4, -0.2) is 29.5 Å². The molecule has 0 aliphatic heterocycles. The van der Waals surface area contributed by atoms with E-state index in [-0.39, 0.29) is 29.2 Å². The Kier molecular flexibility index (Phi) is 6.73. The summed E-state index contributed by atoms with van der Waals surface area (Å²) in [4.78, 5) is 33.8. The number of nitro benzene ring substituents is 1. The molecule has 2 rings (SSSR count). The molecule has 0 atom stereocenters. The SMILES string of the molecule is CC(C)OC(=O)c1ccc(NC(=O)COc2ccc([N+](=O)[O-])cc2Cl)cc1. The van der Waals surface area contributed by atoms with E-state index in [1.165, 1.54) is 24.3 Å². The molecule has 2 aromatic rings. The molecule has 0 unspecified atom stereocenters. The molecule has 1 amide bonds. The van der Waals surface area contributed by atoms with Crippen molar-refractivity contribution in [3.05, 3.63) is 63.2 Å². The summed E-state index contributed by atoms with van der Waals surface area (Å²) in [5.41, 5.74) is 0.669. The fourth-order valence-electron chi connectivity index (χ4n) is 2.03. The molecule has 9 heteroatoms. The van der Waals surface area contributed by atoms with Gasteiger partial charge in [0.25, 0.3) is 11.6 Å². The average molecular weight is 393 g/mol. The maximum Gasteiger partial charge on any atom is 0.338 e. The number of anilines is 1. The molecule has 0 aromatic heterocycles. The van der Waals surface area contributed by atoms with Crippen molar-refractivity contribution >= 4 is 34.9 Å². The van der Waals surface area contributed by atoms with Crippen molar-refractivity contribution in [2.45, 2.75) is 20.0 Å². The molecule has 0 saturated heterocycles. The number of nitro groups is 1. The summed E-state index contributed by atoms with van der Waals surface area (Å²) in [6.07, 6.45) is -0.222. The zero-order valence-corrected chi connectivity index (χ0v) is 15.4. The topological polar surface area (TPSA) is 108 Å². The van der Waals surface area contributed by atoms with Crippen molar-refractivity contribution in [3.63, 3.8) is 0 Å². The molecule has 0 aliphatic rings. The summed E-state index contributed by atoms with van der Waals surface area (Å²) in [6.45, 7) is 3.17. The number of nitrogens with zero attached hydrogens (tertiary/aromatic N) is 1. The van der Waals surface area contributed by atoms with Crippen LogP contribution in [0.2, 0.25) is 5.02 Å². The van der Waals surface area contributed by atoms with Gasteiger partial charge in [-0.15, -0.1) is 0 Å². The Bertz CT molecular complexity index is 851. The Morgan fingerprint density at radius 1 is 1.19 bits per heavy atom. The zero-order chi connectivity index (χ0) is 20.0. The molecule has 8 nitrogen and oxygen atoms in total. The summed E-state index contributed by atoms with van der Waals surface area (Å²) in [7, 11) is 0. The van der Waals surface area contributed by atoms with Crippen LogP contribution in [-0.2, 0) is 9.53 Å². The second-order valence-electron chi connectivity index (χ2n) is 5.74. The van der Waals surface area contributed by atoms with Crippen molar-refractivity contribution in [1.82, 2.24) is 0 Å². The predicted molar refractivity (Wildman–Crippen MR) is 99.2 cm³/mol. The van der Waals surface area contributed by atoms with Crippen LogP contribution >= 0.6 is 11.6 Å². The minimum Gasteiger partial charge on any atom is -0.482 e. The molecule has 1 N–H and O–H groups in total. The van der Waals surface area contributed by atoms with E-state index in [1.807, 2.05) is 0 Å². The summed E-state index contributed by atoms with van der Waals surface area (Å²) in [6, 6.07) is 9.89. The monoisotopic (exact) mass is 392 g/mol. The number of carbonyl (C=O) groups is 2. The average Bonchev–Trinajstić information content (AvgIpc) is 2.60. The maximum absolute atomic E-state index is 12.0. The Morgan fingerprint density at radius 2 is 1.85 bits per heavy atom. The minimum atomic E-state index is -0.580. The van der Waals surface area contributed by atoms with Gasteiger partial charge in [-0.3, -0.25) is 14.9 Å². The van der Waals surface area contributed by atoms with E-state index in [1.54, 1.807) is 26.0 Å². The van der Waals surface area contributed by atoms with Crippen LogP contribution < -0.4 is 10.1 Å². The van der Waals surface area contributed by atoms with Crippen LogP contribution in [0, 0.1) is 10.1 Å². The van der Waals surface area contributed by atoms with Crippen molar-refractivity contribution in [2.24, 2.45) is 0 Å². The summed E-state index contributed by atoms with van der Waals surface area (Å²) >= 11 is 5.90. The van der Waals surface area contributed by atoms with Gasteiger partial charge in [0.2, 0.25) is 0 Å². The second-order valence-corrected chi connectivity index (χ2v) is 6.15. The third-order valence-corrected chi connectivity index (χ3v) is 3.53. The van der Waals surface area contributed by atoms with Gasteiger partial charge in [-0.2, -0.15) is 0 Å². The van der Waals surface area contributed by atoms with Crippen molar-refractivity contribution in [3.8, 4) is 5.75 Å². The predicted octanol–water partition coefficient (Wildman–Crippen LogP) is 3.83. The van der Waals surface area contributed by atoms with E-state index in [2.05, 4.69) is 5.32 Å². The number of non-ortho nitro benzene ring substituents is 1. The van der Waals surface area contributed by atoms with Gasteiger partial charge in [0.15, 0.2) is 6.61 Å². The van der Waals surface area contributed by atoms with Gasteiger partial charge in [0, 0.05) is 17.8 Å². The highest BCUT2D eigenvalue weighted by atomic mass is 35.5. The largest absolute Gasteiger partial charge is 0.482 e. The number of hydrogen-bond donors (Lipinski definition) is 1. The number of carbonyl (C=O) groups excluding carboxylic acids is 2. The Balaban J connectivity index is 1.90. The first-order valence-corrected chi connectivity index (χ1v) is 8.31. The lowest BCUT2D eigenvalue weighted by molar-refractivity contribution is -0.384. The lowest BCUT2D eigenvalue weighted by Gasteiger charge is -2.10. The standard InChI is InChI=1S/C18H17ClN2O6/c1-11(2)27-18(23)12-3-5-13(6-4-12)20-17(22)10-26-16-8-7-14(21(24)25)9-15(16)19/h3-9,11H,10H2,1-2H3,(H,20,22). The number of halogens is 1. The van der Waals surface area contributed by atoms with Gasteiger partial charge in [0.1, 0.15) is 5.75 Å². The van der Waals surface area contributed by atoms with E-state index in [0.29, 0.717) is 11.3 Å². The number of ether oxygens (including phenoxy) is 2. The first-order chi connectivity index (χ1) is 12.8. The quantitative estimate of drug-likeness (QED) is 0.436. The number of benzene rings is 2. The molecule has 0 radical (unpaired) electrons. The third-order valence-electron chi connectivity index (χ3n) is 3.23. The minimum absolute atomic E-state index is 0.0324. The molecule has 0 spiro atoms. The fourth-order valence-corrected chi connectivity index (χ4v) is 2.26. The van der Waals surface area contributed by atoms with Crippen LogP contribution in [0.4, 0.5) is 11.4 Å². The highest BCUT2D eigenvalue weighted by Gasteiger charge is 2.12. The fraction of sp³-hybridized carbons (Fsp3) is 0.222. The number of esters is 1. The molecule has 0 fully saturated rings. The molecule has 142 valence electrons. The van der Waals surface area contributed by atoms with Crippen molar-refractivity contribution in [2.75, 3.05) is 11.9 Å².